The van der Waals surface area contributed by atoms with Crippen LogP contribution < -0.4 is 0 Å². The van der Waals surface area contributed by atoms with E-state index in [4.69, 9.17) is 23.7 Å². The summed E-state index contributed by atoms with van der Waals surface area (Å²) in [6.45, 7) is -2.69. The molecule has 0 bridgehead atoms. The minimum Gasteiger partial charge on any atom is -0.394 e. The lowest BCUT2D eigenvalue weighted by atomic mass is 9.91. The Balaban J connectivity index is 1.53. The Labute approximate surface area is 192 Å². The second kappa shape index (κ2) is 11.2. The normalized spacial score (nSPS) is 52.5. The Hall–Kier alpha value is -0.640. The van der Waals surface area contributed by atoms with Gasteiger partial charge in [0.2, 0.25) is 0 Å². The SMILES string of the molecule is OCC1O[C@H](OC[C@@]2(O)CO[C@H](OCC3O[C@H](O)C(O)[C@H](O)[C@@H]3O)C(O)[C@@H]2O)C(O)[C@H](O)[C@@H]1O. The number of hydrogen-bond acceptors (Lipinski definition) is 16. The summed E-state index contributed by atoms with van der Waals surface area (Å²) < 4.78 is 25.7. The first-order valence-electron chi connectivity index (χ1n) is 10.5. The molecule has 16 heteroatoms. The average Bonchev–Trinajstić information content (AvgIpc) is 2.82. The van der Waals surface area contributed by atoms with Gasteiger partial charge in [0.15, 0.2) is 18.9 Å². The van der Waals surface area contributed by atoms with Gasteiger partial charge in [0, 0.05) is 0 Å². The van der Waals surface area contributed by atoms with Crippen molar-refractivity contribution in [1.29, 1.82) is 0 Å². The van der Waals surface area contributed by atoms with Gasteiger partial charge in [-0.1, -0.05) is 0 Å². The lowest BCUT2D eigenvalue weighted by molar-refractivity contribution is -0.343. The van der Waals surface area contributed by atoms with Crippen molar-refractivity contribution < 1.29 is 79.9 Å². The molecule has 0 aliphatic carbocycles. The van der Waals surface area contributed by atoms with Crippen molar-refractivity contribution in [3.05, 3.63) is 0 Å². The Morgan fingerprint density at radius 1 is 0.676 bits per heavy atom. The maximum Gasteiger partial charge on any atom is 0.186 e. The van der Waals surface area contributed by atoms with E-state index in [-0.39, 0.29) is 0 Å². The highest BCUT2D eigenvalue weighted by molar-refractivity contribution is 4.97. The Bertz CT molecular complexity index is 653. The minimum atomic E-state index is -2.24. The zero-order valence-electron chi connectivity index (χ0n) is 17.8. The van der Waals surface area contributed by atoms with Crippen molar-refractivity contribution in [3.8, 4) is 0 Å². The molecule has 3 fully saturated rings. The molecule has 3 aliphatic heterocycles. The third-order valence-electron chi connectivity index (χ3n) is 6.11. The van der Waals surface area contributed by atoms with Crippen LogP contribution in [0, 0.1) is 0 Å². The van der Waals surface area contributed by atoms with Crippen molar-refractivity contribution in [3.63, 3.8) is 0 Å². The molecular formula is C18H32O16. The second-order valence-electron chi connectivity index (χ2n) is 8.60. The fourth-order valence-corrected chi connectivity index (χ4v) is 3.84. The lowest BCUT2D eigenvalue weighted by Gasteiger charge is -2.45. The Morgan fingerprint density at radius 2 is 1.29 bits per heavy atom. The summed E-state index contributed by atoms with van der Waals surface area (Å²) in [5.74, 6) is 0. The van der Waals surface area contributed by atoms with E-state index in [0.717, 1.165) is 0 Å². The van der Waals surface area contributed by atoms with E-state index in [1.54, 1.807) is 0 Å². The van der Waals surface area contributed by atoms with Gasteiger partial charge < -0.3 is 79.9 Å². The van der Waals surface area contributed by atoms with Gasteiger partial charge in [0.05, 0.1) is 26.4 Å². The van der Waals surface area contributed by atoms with E-state index in [1.807, 2.05) is 0 Å². The first kappa shape index (κ1) is 27.9. The molecule has 0 aromatic rings. The quantitative estimate of drug-likeness (QED) is 0.154. The number of hydrogen-bond donors (Lipinski definition) is 11. The lowest BCUT2D eigenvalue weighted by Crippen LogP contribution is -2.65. The van der Waals surface area contributed by atoms with E-state index >= 15 is 0 Å². The Morgan fingerprint density at radius 3 is 1.94 bits per heavy atom. The molecule has 0 amide bonds. The highest BCUT2D eigenvalue weighted by Crippen LogP contribution is 2.29. The molecule has 5 unspecified atom stereocenters. The summed E-state index contributed by atoms with van der Waals surface area (Å²) in [6.07, 6.45) is -21.5. The molecule has 0 radical (unpaired) electrons. The van der Waals surface area contributed by atoms with Crippen LogP contribution in [0.3, 0.4) is 0 Å². The average molecular weight is 504 g/mol. The second-order valence-corrected chi connectivity index (χ2v) is 8.60. The molecule has 3 heterocycles. The van der Waals surface area contributed by atoms with Crippen LogP contribution in [-0.2, 0) is 23.7 Å². The van der Waals surface area contributed by atoms with Gasteiger partial charge in [-0.05, 0) is 0 Å². The van der Waals surface area contributed by atoms with Gasteiger partial charge in [-0.2, -0.15) is 0 Å². The van der Waals surface area contributed by atoms with Crippen LogP contribution in [0.15, 0.2) is 0 Å². The first-order valence-corrected chi connectivity index (χ1v) is 10.5. The molecule has 0 spiro atoms. The predicted molar refractivity (Wildman–Crippen MR) is 101 cm³/mol. The van der Waals surface area contributed by atoms with Gasteiger partial charge in [0.1, 0.15) is 66.6 Å². The fraction of sp³-hybridized carbons (Fsp3) is 1.00. The zero-order chi connectivity index (χ0) is 25.4. The van der Waals surface area contributed by atoms with Crippen molar-refractivity contribution in [1.82, 2.24) is 0 Å². The van der Waals surface area contributed by atoms with E-state index in [2.05, 4.69) is 0 Å². The molecule has 3 rings (SSSR count). The molecule has 0 saturated carbocycles. The number of aliphatic hydroxyl groups is 11. The smallest absolute Gasteiger partial charge is 0.186 e. The molecular weight excluding hydrogens is 472 g/mol. The van der Waals surface area contributed by atoms with Crippen molar-refractivity contribution in [2.24, 2.45) is 0 Å². The van der Waals surface area contributed by atoms with Gasteiger partial charge in [0.25, 0.3) is 0 Å². The maximum atomic E-state index is 10.7. The monoisotopic (exact) mass is 504 g/mol. The van der Waals surface area contributed by atoms with Crippen LogP contribution in [0.4, 0.5) is 0 Å². The molecule has 3 aliphatic rings. The van der Waals surface area contributed by atoms with Crippen molar-refractivity contribution >= 4 is 0 Å². The molecule has 16 nitrogen and oxygen atoms in total. The predicted octanol–water partition coefficient (Wildman–Crippen LogP) is -7.57. The summed E-state index contributed by atoms with van der Waals surface area (Å²) in [7, 11) is 0. The maximum absolute atomic E-state index is 10.7. The van der Waals surface area contributed by atoms with Crippen LogP contribution >= 0.6 is 0 Å². The van der Waals surface area contributed by atoms with E-state index in [9.17, 15) is 56.2 Å². The van der Waals surface area contributed by atoms with Crippen LogP contribution in [0.2, 0.25) is 0 Å². The summed E-state index contributed by atoms with van der Waals surface area (Å²) in [5, 5.41) is 109. The number of aliphatic hydroxyl groups excluding tert-OH is 10. The largest absolute Gasteiger partial charge is 0.394 e. The van der Waals surface area contributed by atoms with Gasteiger partial charge in [-0.3, -0.25) is 0 Å². The van der Waals surface area contributed by atoms with E-state index in [1.165, 1.54) is 0 Å². The molecule has 200 valence electrons. The minimum absolute atomic E-state index is 0.545. The van der Waals surface area contributed by atoms with Crippen LogP contribution in [0.1, 0.15) is 0 Å². The standard InChI is InChI=1S/C18H32O16/c19-1-5-7(20)10(23)12(25)17(34-5)32-4-18(29)3-31-16(13(26)14(18)27)30-2-6-8(21)9(22)11(24)15(28)33-6/h5-17,19-29H,1-4H2/t5?,6?,7-,8-,9-,10-,11?,12?,13?,14+,15+,16+,17+,18+/m1/s1. The van der Waals surface area contributed by atoms with Crippen LogP contribution in [0.5, 0.6) is 0 Å². The molecule has 11 N–H and O–H groups in total. The van der Waals surface area contributed by atoms with Gasteiger partial charge in [-0.25, -0.2) is 0 Å². The Kier molecular flexibility index (Phi) is 9.18. The van der Waals surface area contributed by atoms with Crippen LogP contribution in [-0.4, -0.2) is 168 Å². The highest BCUT2D eigenvalue weighted by atomic mass is 16.7. The molecule has 0 aromatic carbocycles. The van der Waals surface area contributed by atoms with Gasteiger partial charge >= 0.3 is 0 Å². The summed E-state index contributed by atoms with van der Waals surface area (Å²) in [5.41, 5.74) is -2.24. The highest BCUT2D eigenvalue weighted by Gasteiger charge is 2.52. The number of rotatable bonds is 7. The number of ether oxygens (including phenoxy) is 5. The zero-order valence-corrected chi connectivity index (χ0v) is 17.8. The molecule has 34 heavy (non-hydrogen) atoms. The third kappa shape index (κ3) is 5.52. The first-order chi connectivity index (χ1) is 15.9. The summed E-state index contributed by atoms with van der Waals surface area (Å²) in [4.78, 5) is 0. The summed E-state index contributed by atoms with van der Waals surface area (Å²) >= 11 is 0. The van der Waals surface area contributed by atoms with Crippen molar-refractivity contribution in [2.45, 2.75) is 85.5 Å². The molecule has 3 saturated heterocycles. The van der Waals surface area contributed by atoms with E-state index < -0.39 is 112 Å². The molecule has 0 aromatic heterocycles. The van der Waals surface area contributed by atoms with Crippen LogP contribution in [0.25, 0.3) is 0 Å². The summed E-state index contributed by atoms with van der Waals surface area (Å²) in [6, 6.07) is 0. The third-order valence-corrected chi connectivity index (χ3v) is 6.11. The molecule has 14 atom stereocenters. The topological polar surface area (TPSA) is 269 Å². The van der Waals surface area contributed by atoms with E-state index in [0.29, 0.717) is 0 Å². The van der Waals surface area contributed by atoms with Gasteiger partial charge in [-0.15, -0.1) is 0 Å². The van der Waals surface area contributed by atoms with Crippen molar-refractivity contribution in [2.75, 3.05) is 26.4 Å². The fourth-order valence-electron chi connectivity index (χ4n) is 3.84.